The van der Waals surface area contributed by atoms with Gasteiger partial charge in [-0.1, -0.05) is 11.8 Å². The van der Waals surface area contributed by atoms with Crippen molar-refractivity contribution in [2.75, 3.05) is 5.75 Å². The highest BCUT2D eigenvalue weighted by Crippen LogP contribution is 2.26. The van der Waals surface area contributed by atoms with Gasteiger partial charge < -0.3 is 0 Å². The molecule has 0 aliphatic heterocycles. The summed E-state index contributed by atoms with van der Waals surface area (Å²) in [7, 11) is 1.78. The SMILES string of the molecule is Cn1nnnc1SCCC(S)c1ccc([N+](=O)[O-])cn1. The number of thiol groups is 1. The van der Waals surface area contributed by atoms with Crippen LogP contribution in [-0.2, 0) is 7.05 Å². The Morgan fingerprint density at radius 2 is 2.35 bits per heavy atom. The summed E-state index contributed by atoms with van der Waals surface area (Å²) in [6.07, 6.45) is 2.00. The lowest BCUT2D eigenvalue weighted by atomic mass is 10.2. The first kappa shape index (κ1) is 14.7. The molecule has 0 fully saturated rings. The van der Waals surface area contributed by atoms with Crippen LogP contribution in [0.1, 0.15) is 17.4 Å². The van der Waals surface area contributed by atoms with E-state index in [1.165, 1.54) is 24.0 Å². The van der Waals surface area contributed by atoms with Crippen molar-refractivity contribution in [3.8, 4) is 0 Å². The van der Waals surface area contributed by atoms with Gasteiger partial charge in [-0.25, -0.2) is 4.68 Å². The van der Waals surface area contributed by atoms with E-state index in [0.29, 0.717) is 0 Å². The monoisotopic (exact) mass is 312 g/mol. The molecular formula is C10H12N6O2S2. The van der Waals surface area contributed by atoms with Crippen LogP contribution in [0.4, 0.5) is 5.69 Å². The molecule has 0 amide bonds. The molecule has 20 heavy (non-hydrogen) atoms. The van der Waals surface area contributed by atoms with Gasteiger partial charge in [-0.05, 0) is 22.9 Å². The molecule has 0 aliphatic rings. The fourth-order valence-corrected chi connectivity index (χ4v) is 2.77. The molecule has 0 saturated heterocycles. The summed E-state index contributed by atoms with van der Waals surface area (Å²) in [6.45, 7) is 0. The molecule has 2 heterocycles. The third-order valence-electron chi connectivity index (χ3n) is 2.53. The van der Waals surface area contributed by atoms with E-state index in [1.807, 2.05) is 0 Å². The summed E-state index contributed by atoms with van der Waals surface area (Å²) < 4.78 is 1.60. The maximum absolute atomic E-state index is 10.5. The van der Waals surface area contributed by atoms with E-state index < -0.39 is 4.92 Å². The van der Waals surface area contributed by atoms with Gasteiger partial charge in [0.05, 0.1) is 10.6 Å². The molecule has 1 atom stereocenters. The van der Waals surface area contributed by atoms with E-state index >= 15 is 0 Å². The molecule has 0 aromatic carbocycles. The normalized spacial score (nSPS) is 12.3. The third-order valence-corrected chi connectivity index (χ3v) is 4.09. The second-order valence-electron chi connectivity index (χ2n) is 3.94. The maximum Gasteiger partial charge on any atom is 0.287 e. The van der Waals surface area contributed by atoms with Crippen LogP contribution in [0.15, 0.2) is 23.5 Å². The smallest absolute Gasteiger partial charge is 0.258 e. The Balaban J connectivity index is 1.87. The van der Waals surface area contributed by atoms with Crippen molar-refractivity contribution in [3.05, 3.63) is 34.1 Å². The van der Waals surface area contributed by atoms with Gasteiger partial charge in [0.25, 0.3) is 5.69 Å². The lowest BCUT2D eigenvalue weighted by Crippen LogP contribution is -1.99. The standard InChI is InChI=1S/C10H12N6O2S2/c1-15-10(12-13-14-15)20-5-4-9(19)8-3-2-7(6-11-8)16(17)18/h2-3,6,9,19H,4-5H2,1H3. The molecule has 0 aliphatic carbocycles. The molecule has 1 unspecified atom stereocenters. The molecular weight excluding hydrogens is 300 g/mol. The van der Waals surface area contributed by atoms with Gasteiger partial charge in [0.2, 0.25) is 5.16 Å². The van der Waals surface area contributed by atoms with Gasteiger partial charge in [0, 0.05) is 24.1 Å². The predicted octanol–water partition coefficient (Wildman–Crippen LogP) is 1.67. The van der Waals surface area contributed by atoms with Crippen molar-refractivity contribution < 1.29 is 4.92 Å². The van der Waals surface area contributed by atoms with Crippen LogP contribution in [0.2, 0.25) is 0 Å². The number of aromatic nitrogens is 5. The summed E-state index contributed by atoms with van der Waals surface area (Å²) in [5.74, 6) is 0.779. The topological polar surface area (TPSA) is 99.6 Å². The lowest BCUT2D eigenvalue weighted by molar-refractivity contribution is -0.385. The van der Waals surface area contributed by atoms with Crippen LogP contribution < -0.4 is 0 Å². The highest BCUT2D eigenvalue weighted by atomic mass is 32.2. The average molecular weight is 312 g/mol. The van der Waals surface area contributed by atoms with Crippen LogP contribution in [0.3, 0.4) is 0 Å². The van der Waals surface area contributed by atoms with Crippen LogP contribution in [0.5, 0.6) is 0 Å². The Morgan fingerprint density at radius 1 is 1.55 bits per heavy atom. The fourth-order valence-electron chi connectivity index (χ4n) is 1.46. The van der Waals surface area contributed by atoms with Crippen molar-refractivity contribution in [2.45, 2.75) is 16.8 Å². The van der Waals surface area contributed by atoms with Crippen molar-refractivity contribution in [1.82, 2.24) is 25.2 Å². The largest absolute Gasteiger partial charge is 0.287 e. The van der Waals surface area contributed by atoms with Crippen molar-refractivity contribution in [3.63, 3.8) is 0 Å². The summed E-state index contributed by atoms with van der Waals surface area (Å²) >= 11 is 5.99. The number of rotatable bonds is 6. The van der Waals surface area contributed by atoms with Gasteiger partial charge in [-0.2, -0.15) is 12.6 Å². The van der Waals surface area contributed by atoms with Crippen LogP contribution >= 0.6 is 24.4 Å². The Morgan fingerprint density at radius 3 is 2.90 bits per heavy atom. The van der Waals surface area contributed by atoms with Gasteiger partial charge in [-0.15, -0.1) is 5.10 Å². The number of nitro groups is 1. The molecule has 2 rings (SSSR count). The second-order valence-corrected chi connectivity index (χ2v) is 5.62. The summed E-state index contributed by atoms with van der Waals surface area (Å²) in [4.78, 5) is 14.1. The molecule has 0 bridgehead atoms. The Kier molecular flexibility index (Phi) is 4.90. The molecule has 0 radical (unpaired) electrons. The lowest BCUT2D eigenvalue weighted by Gasteiger charge is -2.08. The maximum atomic E-state index is 10.5. The fraction of sp³-hybridized carbons (Fsp3) is 0.400. The van der Waals surface area contributed by atoms with Gasteiger partial charge in [-0.3, -0.25) is 15.1 Å². The average Bonchev–Trinajstić information content (AvgIpc) is 2.84. The first-order valence-electron chi connectivity index (χ1n) is 5.71. The van der Waals surface area contributed by atoms with Gasteiger partial charge in [0.15, 0.2) is 0 Å². The quantitative estimate of drug-likeness (QED) is 0.375. The van der Waals surface area contributed by atoms with Crippen molar-refractivity contribution in [1.29, 1.82) is 0 Å². The van der Waals surface area contributed by atoms with Crippen LogP contribution in [-0.4, -0.2) is 35.9 Å². The number of hydrogen-bond donors (Lipinski definition) is 1. The predicted molar refractivity (Wildman–Crippen MR) is 76.8 cm³/mol. The number of pyridine rings is 1. The molecule has 2 aromatic heterocycles. The minimum Gasteiger partial charge on any atom is -0.258 e. The number of thioether (sulfide) groups is 1. The van der Waals surface area contributed by atoms with Crippen molar-refractivity contribution in [2.24, 2.45) is 7.05 Å². The second kappa shape index (κ2) is 6.66. The van der Waals surface area contributed by atoms with E-state index in [1.54, 1.807) is 17.8 Å². The number of hydrogen-bond acceptors (Lipinski definition) is 8. The Bertz CT molecular complexity index is 588. The summed E-state index contributed by atoms with van der Waals surface area (Å²) in [5, 5.41) is 22.4. The molecule has 8 nitrogen and oxygen atoms in total. The zero-order chi connectivity index (χ0) is 14.5. The van der Waals surface area contributed by atoms with Crippen molar-refractivity contribution >= 4 is 30.1 Å². The Labute approximate surface area is 124 Å². The Hall–Kier alpha value is -1.68. The van der Waals surface area contributed by atoms with Crippen LogP contribution in [0, 0.1) is 10.1 Å². The molecule has 0 spiro atoms. The first-order valence-corrected chi connectivity index (χ1v) is 7.21. The van der Waals surface area contributed by atoms with E-state index in [9.17, 15) is 10.1 Å². The number of aryl methyl sites for hydroxylation is 1. The summed E-state index contributed by atoms with van der Waals surface area (Å²) in [6, 6.07) is 3.07. The minimum atomic E-state index is -0.471. The number of nitrogens with zero attached hydrogens (tertiary/aromatic N) is 6. The highest BCUT2D eigenvalue weighted by molar-refractivity contribution is 7.99. The number of tetrazole rings is 1. The highest BCUT2D eigenvalue weighted by Gasteiger charge is 2.12. The zero-order valence-corrected chi connectivity index (χ0v) is 12.3. The summed E-state index contributed by atoms with van der Waals surface area (Å²) in [5.41, 5.74) is 0.699. The van der Waals surface area contributed by atoms with E-state index in [-0.39, 0.29) is 10.9 Å². The van der Waals surface area contributed by atoms with Gasteiger partial charge >= 0.3 is 0 Å². The van der Waals surface area contributed by atoms with E-state index in [0.717, 1.165) is 23.0 Å². The first-order chi connectivity index (χ1) is 9.58. The minimum absolute atomic E-state index is 0.0196. The van der Waals surface area contributed by atoms with E-state index in [2.05, 4.69) is 33.1 Å². The zero-order valence-electron chi connectivity index (χ0n) is 10.6. The molecule has 10 heteroatoms. The van der Waals surface area contributed by atoms with Gasteiger partial charge in [0.1, 0.15) is 6.20 Å². The molecule has 2 aromatic rings. The third kappa shape index (κ3) is 3.67. The molecule has 106 valence electrons. The van der Waals surface area contributed by atoms with E-state index in [4.69, 9.17) is 0 Å². The molecule has 0 N–H and O–H groups in total. The molecule has 0 saturated carbocycles. The van der Waals surface area contributed by atoms with Crippen LogP contribution in [0.25, 0.3) is 0 Å².